The van der Waals surface area contributed by atoms with E-state index in [0.717, 1.165) is 11.6 Å². The van der Waals surface area contributed by atoms with Crippen molar-refractivity contribution in [3.63, 3.8) is 0 Å². The maximum Gasteiger partial charge on any atom is 0.417 e. The van der Waals surface area contributed by atoms with Crippen molar-refractivity contribution < 1.29 is 18.0 Å². The molecule has 20 heavy (non-hydrogen) atoms. The minimum Gasteiger partial charge on any atom is -0.289 e. The van der Waals surface area contributed by atoms with E-state index >= 15 is 0 Å². The van der Waals surface area contributed by atoms with Crippen LogP contribution in [0.4, 0.5) is 13.2 Å². The van der Waals surface area contributed by atoms with E-state index in [-0.39, 0.29) is 5.56 Å². The molecule has 0 radical (unpaired) electrons. The molecule has 0 fully saturated rings. The van der Waals surface area contributed by atoms with Crippen LogP contribution in [0.5, 0.6) is 0 Å². The fraction of sp³-hybridized carbons (Fsp3) is 0.133. The maximum absolute atomic E-state index is 13.0. The number of carbonyl (C=O) groups is 1. The standard InChI is InChI=1S/C15H10F3IO/c1-9-5-4-7-11(13(9)19)14(20)10-6-2-3-8-12(10)15(16,17)18/h2-8H,1H3. The molecular formula is C15H10F3IO. The molecular weight excluding hydrogens is 380 g/mol. The summed E-state index contributed by atoms with van der Waals surface area (Å²) in [5.41, 5.74) is -0.0611. The zero-order valence-corrected chi connectivity index (χ0v) is 12.6. The lowest BCUT2D eigenvalue weighted by Crippen LogP contribution is -2.14. The van der Waals surface area contributed by atoms with Crippen molar-refractivity contribution in [2.24, 2.45) is 0 Å². The molecule has 0 saturated heterocycles. The predicted molar refractivity (Wildman–Crippen MR) is 78.8 cm³/mol. The number of halogens is 4. The Morgan fingerprint density at radius 2 is 1.60 bits per heavy atom. The average molecular weight is 390 g/mol. The summed E-state index contributed by atoms with van der Waals surface area (Å²) in [5, 5.41) is 0. The summed E-state index contributed by atoms with van der Waals surface area (Å²) in [6.07, 6.45) is -4.54. The third kappa shape index (κ3) is 2.87. The van der Waals surface area contributed by atoms with Gasteiger partial charge in [0.15, 0.2) is 5.78 Å². The Morgan fingerprint density at radius 1 is 1.00 bits per heavy atom. The van der Waals surface area contributed by atoms with Gasteiger partial charge >= 0.3 is 6.18 Å². The van der Waals surface area contributed by atoms with Crippen LogP contribution in [0.2, 0.25) is 0 Å². The third-order valence-corrected chi connectivity index (χ3v) is 4.35. The fourth-order valence-corrected chi connectivity index (χ4v) is 2.50. The summed E-state index contributed by atoms with van der Waals surface area (Å²) in [7, 11) is 0. The van der Waals surface area contributed by atoms with E-state index in [4.69, 9.17) is 0 Å². The topological polar surface area (TPSA) is 17.1 Å². The van der Waals surface area contributed by atoms with E-state index in [9.17, 15) is 18.0 Å². The van der Waals surface area contributed by atoms with E-state index in [1.165, 1.54) is 18.2 Å². The van der Waals surface area contributed by atoms with Crippen LogP contribution >= 0.6 is 22.6 Å². The Labute approximate surface area is 128 Å². The summed E-state index contributed by atoms with van der Waals surface area (Å²) >= 11 is 1.98. The van der Waals surface area contributed by atoms with Crippen molar-refractivity contribution in [1.29, 1.82) is 0 Å². The van der Waals surface area contributed by atoms with Gasteiger partial charge in [-0.3, -0.25) is 4.79 Å². The van der Waals surface area contributed by atoms with Gasteiger partial charge in [0, 0.05) is 14.7 Å². The maximum atomic E-state index is 13.0. The molecule has 0 spiro atoms. The van der Waals surface area contributed by atoms with Gasteiger partial charge in [0.2, 0.25) is 0 Å². The Morgan fingerprint density at radius 3 is 2.25 bits per heavy atom. The lowest BCUT2D eigenvalue weighted by molar-refractivity contribution is -0.137. The lowest BCUT2D eigenvalue weighted by Gasteiger charge is -2.13. The lowest BCUT2D eigenvalue weighted by atomic mass is 9.97. The zero-order chi connectivity index (χ0) is 14.9. The van der Waals surface area contributed by atoms with Crippen molar-refractivity contribution in [3.05, 3.63) is 68.3 Å². The average Bonchev–Trinajstić information content (AvgIpc) is 2.40. The molecule has 1 nitrogen and oxygen atoms in total. The van der Waals surface area contributed by atoms with Crippen molar-refractivity contribution in [3.8, 4) is 0 Å². The number of carbonyl (C=O) groups excluding carboxylic acids is 1. The van der Waals surface area contributed by atoms with Crippen LogP contribution in [-0.2, 0) is 6.18 Å². The number of hydrogen-bond acceptors (Lipinski definition) is 1. The highest BCUT2D eigenvalue weighted by Gasteiger charge is 2.35. The van der Waals surface area contributed by atoms with Crippen LogP contribution in [0.1, 0.15) is 27.0 Å². The number of rotatable bonds is 2. The number of hydrogen-bond donors (Lipinski definition) is 0. The second-order valence-electron chi connectivity index (χ2n) is 4.31. The molecule has 0 aromatic heterocycles. The van der Waals surface area contributed by atoms with Crippen molar-refractivity contribution in [2.45, 2.75) is 13.1 Å². The van der Waals surface area contributed by atoms with Crippen LogP contribution in [0.25, 0.3) is 0 Å². The number of aryl methyl sites for hydroxylation is 1. The molecule has 0 aliphatic heterocycles. The van der Waals surface area contributed by atoms with Gasteiger partial charge in [0.25, 0.3) is 0 Å². The van der Waals surface area contributed by atoms with Gasteiger partial charge in [-0.2, -0.15) is 13.2 Å². The Hall–Kier alpha value is -1.37. The van der Waals surface area contributed by atoms with Gasteiger partial charge < -0.3 is 0 Å². The second kappa shape index (κ2) is 5.55. The molecule has 0 heterocycles. The third-order valence-electron chi connectivity index (χ3n) is 2.91. The molecule has 0 atom stereocenters. The van der Waals surface area contributed by atoms with Crippen molar-refractivity contribution in [1.82, 2.24) is 0 Å². The van der Waals surface area contributed by atoms with Crippen LogP contribution < -0.4 is 0 Å². The molecule has 0 amide bonds. The quantitative estimate of drug-likeness (QED) is 0.530. The van der Waals surface area contributed by atoms with E-state index in [0.29, 0.717) is 9.13 Å². The Bertz CT molecular complexity index is 662. The molecule has 0 bridgehead atoms. The molecule has 2 aromatic rings. The summed E-state index contributed by atoms with van der Waals surface area (Å²) in [4.78, 5) is 12.4. The van der Waals surface area contributed by atoms with E-state index in [1.54, 1.807) is 12.1 Å². The summed E-state index contributed by atoms with van der Waals surface area (Å²) in [6, 6.07) is 9.88. The summed E-state index contributed by atoms with van der Waals surface area (Å²) in [5.74, 6) is -0.606. The summed E-state index contributed by atoms with van der Waals surface area (Å²) in [6.45, 7) is 1.81. The molecule has 0 saturated carbocycles. The van der Waals surface area contributed by atoms with E-state index in [2.05, 4.69) is 0 Å². The van der Waals surface area contributed by atoms with Crippen LogP contribution in [-0.4, -0.2) is 5.78 Å². The molecule has 5 heteroatoms. The minimum absolute atomic E-state index is 0.294. The monoisotopic (exact) mass is 390 g/mol. The molecule has 2 aromatic carbocycles. The molecule has 0 N–H and O–H groups in total. The SMILES string of the molecule is Cc1cccc(C(=O)c2ccccc2C(F)(F)F)c1I. The highest BCUT2D eigenvalue weighted by atomic mass is 127. The van der Waals surface area contributed by atoms with Gasteiger partial charge in [-0.15, -0.1) is 0 Å². The van der Waals surface area contributed by atoms with Crippen molar-refractivity contribution in [2.75, 3.05) is 0 Å². The van der Waals surface area contributed by atoms with Gasteiger partial charge in [0.05, 0.1) is 5.56 Å². The van der Waals surface area contributed by atoms with Crippen molar-refractivity contribution >= 4 is 28.4 Å². The Balaban J connectivity index is 2.58. The molecule has 104 valence electrons. The van der Waals surface area contributed by atoms with Gasteiger partial charge in [-0.25, -0.2) is 0 Å². The highest BCUT2D eigenvalue weighted by Crippen LogP contribution is 2.33. The zero-order valence-electron chi connectivity index (χ0n) is 10.5. The van der Waals surface area contributed by atoms with Gasteiger partial charge in [0.1, 0.15) is 0 Å². The van der Waals surface area contributed by atoms with Crippen LogP contribution in [0.15, 0.2) is 42.5 Å². The summed E-state index contributed by atoms with van der Waals surface area (Å²) < 4.78 is 39.5. The van der Waals surface area contributed by atoms with E-state index < -0.39 is 17.5 Å². The largest absolute Gasteiger partial charge is 0.417 e. The predicted octanol–water partition coefficient (Wildman–Crippen LogP) is 4.85. The molecule has 0 unspecified atom stereocenters. The fourth-order valence-electron chi connectivity index (χ4n) is 1.90. The van der Waals surface area contributed by atoms with Crippen LogP contribution in [0, 0.1) is 10.5 Å². The second-order valence-corrected chi connectivity index (χ2v) is 5.39. The number of benzene rings is 2. The number of alkyl halides is 3. The smallest absolute Gasteiger partial charge is 0.289 e. The van der Waals surface area contributed by atoms with Gasteiger partial charge in [-0.1, -0.05) is 30.3 Å². The van der Waals surface area contributed by atoms with Crippen LogP contribution in [0.3, 0.4) is 0 Å². The first-order chi connectivity index (χ1) is 9.32. The first kappa shape index (κ1) is 15.0. The number of ketones is 1. The molecule has 2 rings (SSSR count). The first-order valence-corrected chi connectivity index (χ1v) is 6.86. The highest BCUT2D eigenvalue weighted by molar-refractivity contribution is 14.1. The molecule has 0 aliphatic rings. The first-order valence-electron chi connectivity index (χ1n) is 5.78. The Kier molecular flexibility index (Phi) is 4.17. The normalized spacial score (nSPS) is 11.4. The minimum atomic E-state index is -4.54. The molecule has 0 aliphatic carbocycles. The van der Waals surface area contributed by atoms with E-state index in [1.807, 2.05) is 35.6 Å². The van der Waals surface area contributed by atoms with Gasteiger partial charge in [-0.05, 0) is 47.2 Å².